The number of aromatic nitrogens is 1. The van der Waals surface area contributed by atoms with Gasteiger partial charge in [-0.1, -0.05) is 72.0 Å². The largest absolute Gasteiger partial charge is 0.422 e. The molecule has 5 rings (SSSR count). The molecule has 0 atom stereocenters. The van der Waals surface area contributed by atoms with Gasteiger partial charge >= 0.3 is 5.63 Å². The van der Waals surface area contributed by atoms with Gasteiger partial charge in [0.1, 0.15) is 11.1 Å². The number of carbonyl (C=O) groups excluding carboxylic acids is 1. The molecule has 3 aromatic carbocycles. The van der Waals surface area contributed by atoms with Crippen molar-refractivity contribution >= 4 is 43.6 Å². The van der Waals surface area contributed by atoms with Crippen LogP contribution in [0, 0.1) is 6.92 Å². The molecule has 2 aromatic heterocycles. The molecule has 0 fully saturated rings. The van der Waals surface area contributed by atoms with Gasteiger partial charge in [-0.3, -0.25) is 9.69 Å². The second-order valence-corrected chi connectivity index (χ2v) is 8.29. The van der Waals surface area contributed by atoms with Gasteiger partial charge in [0, 0.05) is 5.39 Å². The maximum absolute atomic E-state index is 13.6. The monoisotopic (exact) mass is 426 g/mol. The molecule has 31 heavy (non-hydrogen) atoms. The average Bonchev–Trinajstić information content (AvgIpc) is 3.23. The van der Waals surface area contributed by atoms with E-state index in [9.17, 15) is 9.59 Å². The molecule has 0 bridgehead atoms. The maximum atomic E-state index is 13.6. The Bertz CT molecular complexity index is 1470. The smallest absolute Gasteiger partial charge is 0.349 e. The highest BCUT2D eigenvalue weighted by atomic mass is 32.1. The van der Waals surface area contributed by atoms with E-state index in [0.717, 1.165) is 21.3 Å². The van der Waals surface area contributed by atoms with Crippen molar-refractivity contribution in [3.63, 3.8) is 0 Å². The summed E-state index contributed by atoms with van der Waals surface area (Å²) in [6.07, 6.45) is 0. The third-order valence-electron chi connectivity index (χ3n) is 5.14. The van der Waals surface area contributed by atoms with Gasteiger partial charge in [-0.15, -0.1) is 0 Å². The zero-order chi connectivity index (χ0) is 21.4. The third-order valence-corrected chi connectivity index (χ3v) is 6.18. The summed E-state index contributed by atoms with van der Waals surface area (Å²) < 4.78 is 6.40. The van der Waals surface area contributed by atoms with Crippen LogP contribution in [0.2, 0.25) is 0 Å². The van der Waals surface area contributed by atoms with Crippen molar-refractivity contribution < 1.29 is 9.21 Å². The number of carbonyl (C=O) groups is 1. The van der Waals surface area contributed by atoms with Gasteiger partial charge in [0.25, 0.3) is 5.91 Å². The Morgan fingerprint density at radius 1 is 1.00 bits per heavy atom. The molecule has 0 radical (unpaired) electrons. The highest BCUT2D eigenvalue weighted by molar-refractivity contribution is 7.22. The number of hydrogen-bond acceptors (Lipinski definition) is 5. The van der Waals surface area contributed by atoms with Gasteiger partial charge in [-0.25, -0.2) is 9.78 Å². The Hall–Kier alpha value is -3.77. The summed E-state index contributed by atoms with van der Waals surface area (Å²) >= 11 is 1.43. The molecule has 0 saturated heterocycles. The molecular formula is C25H18N2O3S. The number of nitrogens with zero attached hydrogens (tertiary/aromatic N) is 2. The van der Waals surface area contributed by atoms with E-state index in [4.69, 9.17) is 9.40 Å². The van der Waals surface area contributed by atoms with Crippen molar-refractivity contribution in [2.24, 2.45) is 0 Å². The van der Waals surface area contributed by atoms with E-state index in [2.05, 4.69) is 0 Å². The van der Waals surface area contributed by atoms with Gasteiger partial charge in [0.2, 0.25) is 0 Å². The average molecular weight is 426 g/mol. The number of amides is 1. The summed E-state index contributed by atoms with van der Waals surface area (Å²) in [5.74, 6) is -0.430. The molecule has 0 saturated carbocycles. The van der Waals surface area contributed by atoms with Crippen LogP contribution in [-0.2, 0) is 6.54 Å². The van der Waals surface area contributed by atoms with Gasteiger partial charge in [0.15, 0.2) is 5.13 Å². The van der Waals surface area contributed by atoms with E-state index >= 15 is 0 Å². The van der Waals surface area contributed by atoms with Crippen LogP contribution in [0.15, 0.2) is 88.1 Å². The fourth-order valence-electron chi connectivity index (χ4n) is 3.54. The number of aryl methyl sites for hydroxylation is 1. The SMILES string of the molecule is Cc1cccc2sc(N(Cc3ccccc3)C(=O)c3cc4ccccc4oc3=O)nc12. The van der Waals surface area contributed by atoms with Crippen LogP contribution < -0.4 is 10.5 Å². The van der Waals surface area contributed by atoms with Gasteiger partial charge in [-0.05, 0) is 36.2 Å². The third kappa shape index (κ3) is 3.62. The number of rotatable bonds is 4. The molecule has 152 valence electrons. The van der Waals surface area contributed by atoms with E-state index in [1.54, 1.807) is 23.1 Å². The normalized spacial score (nSPS) is 11.1. The predicted octanol–water partition coefficient (Wildman–Crippen LogP) is 5.56. The van der Waals surface area contributed by atoms with Crippen LogP contribution in [0.1, 0.15) is 21.5 Å². The molecule has 0 unspecified atom stereocenters. The Labute approximate surface area is 182 Å². The molecule has 2 heterocycles. The first-order chi connectivity index (χ1) is 15.1. The maximum Gasteiger partial charge on any atom is 0.349 e. The van der Waals surface area contributed by atoms with E-state index in [1.165, 1.54) is 11.3 Å². The molecule has 0 N–H and O–H groups in total. The van der Waals surface area contributed by atoms with Crippen molar-refractivity contribution in [1.29, 1.82) is 0 Å². The van der Waals surface area contributed by atoms with E-state index in [0.29, 0.717) is 22.6 Å². The van der Waals surface area contributed by atoms with Gasteiger partial charge in [-0.2, -0.15) is 0 Å². The summed E-state index contributed by atoms with van der Waals surface area (Å²) in [6, 6.07) is 24.4. The van der Waals surface area contributed by atoms with Crippen molar-refractivity contribution in [2.45, 2.75) is 13.5 Å². The summed E-state index contributed by atoms with van der Waals surface area (Å²) in [5, 5.41) is 1.25. The van der Waals surface area contributed by atoms with Crippen LogP contribution in [0.5, 0.6) is 0 Å². The first-order valence-corrected chi connectivity index (χ1v) is 10.7. The molecule has 0 spiro atoms. The number of thiazole rings is 1. The Morgan fingerprint density at radius 3 is 2.58 bits per heavy atom. The summed E-state index contributed by atoms with van der Waals surface area (Å²) in [6.45, 7) is 2.29. The van der Waals surface area contributed by atoms with Crippen molar-refractivity contribution in [2.75, 3.05) is 4.90 Å². The van der Waals surface area contributed by atoms with Crippen LogP contribution in [0.25, 0.3) is 21.2 Å². The highest BCUT2D eigenvalue weighted by Gasteiger charge is 2.25. The molecule has 0 aliphatic rings. The number of anilines is 1. The van der Waals surface area contributed by atoms with Gasteiger partial charge in [0.05, 0.1) is 16.8 Å². The fraction of sp³-hybridized carbons (Fsp3) is 0.0800. The number of fused-ring (bicyclic) bond motifs is 2. The molecule has 0 aliphatic heterocycles. The van der Waals surface area contributed by atoms with Gasteiger partial charge < -0.3 is 4.42 Å². The minimum absolute atomic E-state index is 0.00870. The Balaban J connectivity index is 1.64. The van der Waals surface area contributed by atoms with Crippen LogP contribution >= 0.6 is 11.3 Å². The summed E-state index contributed by atoms with van der Waals surface area (Å²) in [4.78, 5) is 32.6. The van der Waals surface area contributed by atoms with Crippen molar-refractivity contribution in [1.82, 2.24) is 4.98 Å². The molecule has 0 aliphatic carbocycles. The molecule has 5 nitrogen and oxygen atoms in total. The summed E-state index contributed by atoms with van der Waals surface area (Å²) in [5.41, 5.74) is 2.63. The Morgan fingerprint density at radius 2 is 1.77 bits per heavy atom. The lowest BCUT2D eigenvalue weighted by molar-refractivity contribution is 0.0981. The standard InChI is InChI=1S/C25H18N2O3S/c1-16-8-7-13-21-22(16)26-25(31-21)27(15-17-9-3-2-4-10-17)23(28)19-14-18-11-5-6-12-20(18)30-24(19)29/h2-14H,15H2,1H3. The van der Waals surface area contributed by atoms with Crippen LogP contribution in [0.4, 0.5) is 5.13 Å². The molecule has 6 heteroatoms. The predicted molar refractivity (Wildman–Crippen MR) is 124 cm³/mol. The summed E-state index contributed by atoms with van der Waals surface area (Å²) in [7, 11) is 0. The Kier molecular flexibility index (Phi) is 4.84. The first-order valence-electron chi connectivity index (χ1n) is 9.85. The molecule has 1 amide bonds. The minimum atomic E-state index is -0.654. The van der Waals surface area contributed by atoms with Crippen molar-refractivity contribution in [3.05, 3.63) is 106 Å². The lowest BCUT2D eigenvalue weighted by atomic mass is 10.1. The van der Waals surface area contributed by atoms with E-state index < -0.39 is 11.5 Å². The lowest BCUT2D eigenvalue weighted by Crippen LogP contribution is -2.33. The fourth-order valence-corrected chi connectivity index (χ4v) is 4.58. The molecule has 5 aromatic rings. The quantitative estimate of drug-likeness (QED) is 0.353. The zero-order valence-corrected chi connectivity index (χ0v) is 17.6. The van der Waals surface area contributed by atoms with E-state index in [1.807, 2.05) is 67.6 Å². The van der Waals surface area contributed by atoms with Crippen molar-refractivity contribution in [3.8, 4) is 0 Å². The molecular weight excluding hydrogens is 408 g/mol. The van der Waals surface area contributed by atoms with E-state index in [-0.39, 0.29) is 5.56 Å². The van der Waals surface area contributed by atoms with Crippen LogP contribution in [-0.4, -0.2) is 10.9 Å². The first kappa shape index (κ1) is 19.2. The number of benzene rings is 3. The number of hydrogen-bond donors (Lipinski definition) is 0. The second kappa shape index (κ2) is 7.81. The lowest BCUT2D eigenvalue weighted by Gasteiger charge is -2.19. The second-order valence-electron chi connectivity index (χ2n) is 7.28. The highest BCUT2D eigenvalue weighted by Crippen LogP contribution is 2.32. The minimum Gasteiger partial charge on any atom is -0.422 e. The zero-order valence-electron chi connectivity index (χ0n) is 16.7. The topological polar surface area (TPSA) is 63.4 Å². The number of para-hydroxylation sites is 2. The van der Waals surface area contributed by atoms with Crippen LogP contribution in [0.3, 0.4) is 0 Å².